The Morgan fingerprint density at radius 3 is 2.39 bits per heavy atom. The molecule has 12 atom stereocenters. The number of ether oxygens (including phenoxy) is 2. The SMILES string of the molecule is CCN1C[C@]2(COC)CC[C@H](OC)[C@@]34[C@@H]5C[C@]6(O)[C@H](O)[C@@H]5[C@](O)(C[C@@H]6O)[C@@H](C[C@]23O)[C@@H]14. The molecule has 8 nitrogen and oxygen atoms in total. The maximum absolute atomic E-state index is 12.8. The fourth-order valence-corrected chi connectivity index (χ4v) is 10.3. The van der Waals surface area contributed by atoms with Gasteiger partial charge in [0.05, 0.1) is 36.1 Å². The van der Waals surface area contributed by atoms with E-state index >= 15 is 0 Å². The van der Waals surface area contributed by atoms with Crippen LogP contribution in [0.2, 0.25) is 0 Å². The van der Waals surface area contributed by atoms with E-state index in [0.29, 0.717) is 19.6 Å². The lowest BCUT2D eigenvalue weighted by molar-refractivity contribution is -0.325. The predicted molar refractivity (Wildman–Crippen MR) is 109 cm³/mol. The van der Waals surface area contributed by atoms with Gasteiger partial charge >= 0.3 is 0 Å². The van der Waals surface area contributed by atoms with Gasteiger partial charge in [-0.05, 0) is 38.1 Å². The van der Waals surface area contributed by atoms with Crippen LogP contribution in [-0.4, -0.2) is 106 Å². The molecule has 0 unspecified atom stereocenters. The molecule has 0 aromatic heterocycles. The third kappa shape index (κ3) is 1.89. The maximum Gasteiger partial charge on any atom is 0.117 e. The van der Waals surface area contributed by atoms with E-state index in [1.807, 2.05) is 0 Å². The van der Waals surface area contributed by atoms with Gasteiger partial charge in [-0.1, -0.05) is 6.92 Å². The molecule has 0 aromatic carbocycles. The van der Waals surface area contributed by atoms with Crippen molar-refractivity contribution in [3.05, 3.63) is 0 Å². The second-order valence-electron chi connectivity index (χ2n) is 11.6. The van der Waals surface area contributed by atoms with Crippen LogP contribution in [0.15, 0.2) is 0 Å². The summed E-state index contributed by atoms with van der Waals surface area (Å²) in [6.07, 6.45) is -0.550. The van der Waals surface area contributed by atoms with Crippen molar-refractivity contribution < 1.29 is 35.0 Å². The highest BCUT2D eigenvalue weighted by atomic mass is 16.5. The number of aliphatic hydroxyl groups is 5. The van der Waals surface area contributed by atoms with Crippen LogP contribution in [0.3, 0.4) is 0 Å². The Hall–Kier alpha value is -0.320. The summed E-state index contributed by atoms with van der Waals surface area (Å²) in [5.74, 6) is -1.27. The molecule has 31 heavy (non-hydrogen) atoms. The van der Waals surface area contributed by atoms with Gasteiger partial charge in [-0.3, -0.25) is 4.90 Å². The number of piperidine rings is 1. The Morgan fingerprint density at radius 1 is 1.00 bits per heavy atom. The zero-order chi connectivity index (χ0) is 22.2. The van der Waals surface area contributed by atoms with E-state index in [1.165, 1.54) is 0 Å². The summed E-state index contributed by atoms with van der Waals surface area (Å²) in [6.45, 7) is 3.99. The molecule has 0 radical (unpaired) electrons. The third-order valence-corrected chi connectivity index (χ3v) is 11.2. The Balaban J connectivity index is 1.65. The van der Waals surface area contributed by atoms with Crippen LogP contribution < -0.4 is 0 Å². The van der Waals surface area contributed by atoms with Crippen LogP contribution in [-0.2, 0) is 9.47 Å². The van der Waals surface area contributed by atoms with Gasteiger partial charge in [0.2, 0.25) is 0 Å². The number of hydrogen-bond donors (Lipinski definition) is 5. The largest absolute Gasteiger partial charge is 0.390 e. The second kappa shape index (κ2) is 6.02. The fraction of sp³-hybridized carbons (Fsp3) is 1.00. The summed E-state index contributed by atoms with van der Waals surface area (Å²) in [7, 11) is 3.36. The van der Waals surface area contributed by atoms with E-state index in [0.717, 1.165) is 19.4 Å². The molecule has 6 rings (SSSR count). The van der Waals surface area contributed by atoms with Crippen LogP contribution in [0, 0.1) is 28.6 Å². The monoisotopic (exact) mass is 439 g/mol. The molecule has 0 amide bonds. The Labute approximate surface area is 183 Å². The van der Waals surface area contributed by atoms with Crippen molar-refractivity contribution in [3.8, 4) is 0 Å². The molecule has 6 fully saturated rings. The molecule has 1 saturated heterocycles. The van der Waals surface area contributed by atoms with Crippen LogP contribution in [0.5, 0.6) is 0 Å². The summed E-state index contributed by atoms with van der Waals surface area (Å²) in [5, 5.41) is 58.4. The lowest BCUT2D eigenvalue weighted by atomic mass is 9.41. The van der Waals surface area contributed by atoms with Gasteiger partial charge in [0.25, 0.3) is 0 Å². The molecule has 7 bridgehead atoms. The normalized spacial score (nSPS) is 64.1. The topological polar surface area (TPSA) is 123 Å². The molecule has 1 aliphatic heterocycles. The molecule has 0 aromatic rings. The first-order chi connectivity index (χ1) is 14.6. The molecular formula is C23H37NO7. The summed E-state index contributed by atoms with van der Waals surface area (Å²) in [5.41, 5.74) is -5.40. The van der Waals surface area contributed by atoms with E-state index in [9.17, 15) is 25.5 Å². The van der Waals surface area contributed by atoms with Crippen LogP contribution in [0.1, 0.15) is 39.0 Å². The van der Waals surface area contributed by atoms with Crippen molar-refractivity contribution >= 4 is 0 Å². The smallest absolute Gasteiger partial charge is 0.117 e. The van der Waals surface area contributed by atoms with E-state index in [1.54, 1.807) is 14.2 Å². The lowest BCUT2D eigenvalue weighted by Gasteiger charge is -2.71. The predicted octanol–water partition coefficient (Wildman–Crippen LogP) is -0.893. The van der Waals surface area contributed by atoms with Crippen molar-refractivity contribution in [1.29, 1.82) is 0 Å². The zero-order valence-electron chi connectivity index (χ0n) is 18.7. The zero-order valence-corrected chi connectivity index (χ0v) is 18.7. The molecule has 6 aliphatic rings. The van der Waals surface area contributed by atoms with Crippen LogP contribution in [0.4, 0.5) is 0 Å². The molecule has 5 aliphatic carbocycles. The molecular weight excluding hydrogens is 402 g/mol. The molecule has 5 saturated carbocycles. The summed E-state index contributed by atoms with van der Waals surface area (Å²) >= 11 is 0. The third-order valence-electron chi connectivity index (χ3n) is 11.2. The molecule has 5 N–H and O–H groups in total. The highest BCUT2D eigenvalue weighted by Crippen LogP contribution is 2.80. The van der Waals surface area contributed by atoms with Gasteiger partial charge in [-0.2, -0.15) is 0 Å². The Kier molecular flexibility index (Phi) is 4.12. The van der Waals surface area contributed by atoms with Gasteiger partial charge in [0.1, 0.15) is 5.60 Å². The maximum atomic E-state index is 12.8. The van der Waals surface area contributed by atoms with Crippen molar-refractivity contribution in [2.75, 3.05) is 33.9 Å². The highest BCUT2D eigenvalue weighted by molar-refractivity contribution is 5.39. The quantitative estimate of drug-likeness (QED) is 0.382. The first-order valence-electron chi connectivity index (χ1n) is 11.9. The number of methoxy groups -OCH3 is 2. The van der Waals surface area contributed by atoms with Crippen LogP contribution in [0.25, 0.3) is 0 Å². The summed E-state index contributed by atoms with van der Waals surface area (Å²) in [6, 6.07) is -0.135. The van der Waals surface area contributed by atoms with E-state index < -0.39 is 45.8 Å². The highest BCUT2D eigenvalue weighted by Gasteiger charge is 2.89. The number of rotatable bonds is 4. The number of likely N-dealkylation sites (tertiary alicyclic amines) is 1. The first-order valence-corrected chi connectivity index (χ1v) is 11.9. The Bertz CT molecular complexity index is 798. The minimum Gasteiger partial charge on any atom is -0.390 e. The average molecular weight is 440 g/mol. The van der Waals surface area contributed by atoms with Crippen molar-refractivity contribution in [1.82, 2.24) is 4.90 Å². The molecule has 1 heterocycles. The minimum atomic E-state index is -1.66. The van der Waals surface area contributed by atoms with Crippen molar-refractivity contribution in [2.24, 2.45) is 28.6 Å². The van der Waals surface area contributed by atoms with Gasteiger partial charge in [-0.25, -0.2) is 0 Å². The summed E-state index contributed by atoms with van der Waals surface area (Å²) in [4.78, 5) is 2.39. The van der Waals surface area contributed by atoms with Crippen LogP contribution >= 0.6 is 0 Å². The number of fused-ring (bicyclic) bond motifs is 2. The van der Waals surface area contributed by atoms with E-state index in [4.69, 9.17) is 9.47 Å². The van der Waals surface area contributed by atoms with Gasteiger partial charge < -0.3 is 35.0 Å². The lowest BCUT2D eigenvalue weighted by Crippen LogP contribution is -2.81. The first kappa shape index (κ1) is 21.2. The number of hydrogen-bond acceptors (Lipinski definition) is 8. The number of aliphatic hydroxyl groups excluding tert-OH is 2. The number of nitrogens with zero attached hydrogens (tertiary/aromatic N) is 1. The van der Waals surface area contributed by atoms with Gasteiger partial charge in [0.15, 0.2) is 0 Å². The second-order valence-corrected chi connectivity index (χ2v) is 11.6. The molecule has 8 heteroatoms. The standard InChI is InChI=1S/C23H37NO7/c1-4-24-10-19(11-30-2)6-5-15(31-3)23-12-7-21(28)14(25)9-20(27,16(12)18(21)26)13(17(23)24)8-22(19,23)29/h12-18,25-29H,4-11H2,1-3H3/t12-,13+,14+,15+,16-,17-,18-,19+,20+,21-,22+,23-/m1/s1. The van der Waals surface area contributed by atoms with E-state index in [-0.39, 0.29) is 36.8 Å². The van der Waals surface area contributed by atoms with Gasteiger partial charge in [0, 0.05) is 55.9 Å². The fourth-order valence-electron chi connectivity index (χ4n) is 10.3. The average Bonchev–Trinajstić information content (AvgIpc) is 3.07. The van der Waals surface area contributed by atoms with Crippen molar-refractivity contribution in [2.45, 2.75) is 80.2 Å². The minimum absolute atomic E-state index is 0.0293. The molecule has 1 spiro atoms. The van der Waals surface area contributed by atoms with Crippen molar-refractivity contribution in [3.63, 3.8) is 0 Å². The van der Waals surface area contributed by atoms with E-state index in [2.05, 4.69) is 11.8 Å². The van der Waals surface area contributed by atoms with Gasteiger partial charge in [-0.15, -0.1) is 0 Å². The molecule has 176 valence electrons. The Morgan fingerprint density at radius 2 is 1.74 bits per heavy atom. The summed E-state index contributed by atoms with van der Waals surface area (Å²) < 4.78 is 11.8.